The van der Waals surface area contributed by atoms with Gasteiger partial charge >= 0.3 is 0 Å². The molecule has 100 heavy (non-hydrogen) atoms. The molecule has 0 aliphatic carbocycles. The van der Waals surface area contributed by atoms with Crippen LogP contribution in [0, 0.1) is 0 Å². The summed E-state index contributed by atoms with van der Waals surface area (Å²) in [6, 6.07) is 130. The summed E-state index contributed by atoms with van der Waals surface area (Å²) >= 11 is 0. The van der Waals surface area contributed by atoms with Crippen molar-refractivity contribution in [1.82, 2.24) is 19.9 Å². The lowest BCUT2D eigenvalue weighted by Gasteiger charge is -2.16. The lowest BCUT2D eigenvalue weighted by Crippen LogP contribution is -1.93. The van der Waals surface area contributed by atoms with Crippen molar-refractivity contribution >= 4 is 43.4 Å². The molecule has 4 heteroatoms. The Morgan fingerprint density at radius 1 is 0.150 bits per heavy atom. The van der Waals surface area contributed by atoms with E-state index in [-0.39, 0.29) is 0 Å². The molecule has 4 aromatic heterocycles. The van der Waals surface area contributed by atoms with Crippen LogP contribution < -0.4 is 0 Å². The van der Waals surface area contributed by atoms with Crippen molar-refractivity contribution in [3.8, 4) is 134 Å². The zero-order valence-electron chi connectivity index (χ0n) is 54.7. The van der Waals surface area contributed by atoms with Gasteiger partial charge in [-0.1, -0.05) is 322 Å². The van der Waals surface area contributed by atoms with E-state index in [0.29, 0.717) is 0 Å². The number of pyridine rings is 4. The van der Waals surface area contributed by atoms with Gasteiger partial charge in [0.05, 0.1) is 22.4 Å². The fourth-order valence-electron chi connectivity index (χ4n) is 14.0. The highest BCUT2D eigenvalue weighted by molar-refractivity contribution is 6.18. The minimum atomic E-state index is 0.956. The summed E-state index contributed by atoms with van der Waals surface area (Å²) in [5.41, 5.74) is 29.7. The quantitative estimate of drug-likeness (QED) is 0.114. The van der Waals surface area contributed by atoms with E-state index in [1.54, 1.807) is 0 Å². The molecule has 0 N–H and O–H groups in total. The maximum atomic E-state index is 5.41. The molecule has 4 nitrogen and oxygen atoms in total. The lowest BCUT2D eigenvalue weighted by atomic mass is 9.90. The van der Waals surface area contributed by atoms with E-state index >= 15 is 0 Å². The van der Waals surface area contributed by atoms with Gasteiger partial charge in [-0.3, -0.25) is 9.97 Å². The van der Waals surface area contributed by atoms with Gasteiger partial charge in [-0.25, -0.2) is 9.97 Å². The van der Waals surface area contributed by atoms with E-state index in [0.717, 1.165) is 94.0 Å². The predicted molar refractivity (Wildman–Crippen MR) is 419 cm³/mol. The van der Waals surface area contributed by atoms with Gasteiger partial charge in [0.2, 0.25) is 0 Å². The third-order valence-electron chi connectivity index (χ3n) is 19.2. The van der Waals surface area contributed by atoms with Crippen molar-refractivity contribution in [2.45, 2.75) is 0 Å². The third-order valence-corrected chi connectivity index (χ3v) is 19.2. The van der Waals surface area contributed by atoms with Crippen LogP contribution in [0.3, 0.4) is 0 Å². The van der Waals surface area contributed by atoms with E-state index in [2.05, 4.69) is 356 Å². The van der Waals surface area contributed by atoms with Gasteiger partial charge < -0.3 is 0 Å². The minimum absolute atomic E-state index is 0.956. The second kappa shape index (κ2) is 27.1. The smallest absolute Gasteiger partial charge is 0.0794 e. The average molecular weight is 1270 g/mol. The molecule has 4 heterocycles. The van der Waals surface area contributed by atoms with Gasteiger partial charge in [0.25, 0.3) is 0 Å². The van der Waals surface area contributed by atoms with Crippen LogP contribution in [0.25, 0.3) is 177 Å². The number of hydrogen-bond acceptors (Lipinski definition) is 4. The molecule has 0 aliphatic rings. The number of fused-ring (bicyclic) bond motifs is 6. The lowest BCUT2D eigenvalue weighted by molar-refractivity contribution is 1.33. The number of benzene rings is 14. The zero-order valence-corrected chi connectivity index (χ0v) is 54.7. The standard InChI is InChI=1S/2C48H32N2/c1-3-10-33(11-4-1)35-17-23-39(24-18-35)45-31-47(40-27-21-36(22-28-40)34-12-5-2-6-13-34)50-48-43-16-8-7-15-42(43)44(30-46(45)48)38-25-19-37(20-26-38)41-14-9-29-49-32-41;1-3-9-33(10-4-1)35-15-23-40(24-16-35)45-32-47(41-25-19-36(20-26-41)34-11-5-2-6-12-34)50-48-43-14-8-7-13-42(43)44(31-46(45)48)39-21-17-37(18-22-39)38-27-29-49-30-28-38/h2*1-32H. The Morgan fingerprint density at radius 3 is 0.720 bits per heavy atom. The Balaban J connectivity index is 0.000000150. The van der Waals surface area contributed by atoms with Gasteiger partial charge in [0.1, 0.15) is 0 Å². The average Bonchev–Trinajstić information content (AvgIpc) is 0.746. The fraction of sp³-hybridized carbons (Fsp3) is 0. The van der Waals surface area contributed by atoms with Gasteiger partial charge in [0.15, 0.2) is 0 Å². The maximum Gasteiger partial charge on any atom is 0.0794 e. The van der Waals surface area contributed by atoms with Crippen LogP contribution in [-0.2, 0) is 0 Å². The van der Waals surface area contributed by atoms with Crippen molar-refractivity contribution in [2.75, 3.05) is 0 Å². The molecule has 0 radical (unpaired) electrons. The van der Waals surface area contributed by atoms with Crippen LogP contribution in [0.4, 0.5) is 0 Å². The van der Waals surface area contributed by atoms with E-state index in [1.165, 1.54) is 83.1 Å². The summed E-state index contributed by atoms with van der Waals surface area (Å²) in [6.45, 7) is 0. The van der Waals surface area contributed by atoms with Gasteiger partial charge in [0, 0.05) is 57.5 Å². The fourth-order valence-corrected chi connectivity index (χ4v) is 14.0. The van der Waals surface area contributed by atoms with Crippen LogP contribution in [0.15, 0.2) is 389 Å². The predicted octanol–water partition coefficient (Wildman–Crippen LogP) is 25.6. The Kier molecular flexibility index (Phi) is 16.4. The van der Waals surface area contributed by atoms with E-state index in [1.807, 2.05) is 43.0 Å². The van der Waals surface area contributed by atoms with E-state index < -0.39 is 0 Å². The SMILES string of the molecule is c1ccc(-c2ccc(-c3cc(-c4ccc(-c5ccccc5)cc4)c4cc(-c5ccc(-c6cccnc6)cc5)c5ccccc5c4n3)cc2)cc1.c1ccc(-c2ccc(-c3cc(-c4ccc(-c5ccccc5)cc4)c4cc(-c5ccc(-c6ccncc6)cc5)c5ccccc5c4n3)cc2)cc1. The molecule has 0 atom stereocenters. The highest BCUT2D eigenvalue weighted by Crippen LogP contribution is 2.44. The highest BCUT2D eigenvalue weighted by Gasteiger charge is 2.20. The number of nitrogens with zero attached hydrogens (tertiary/aromatic N) is 4. The van der Waals surface area contributed by atoms with E-state index in [9.17, 15) is 0 Å². The summed E-state index contributed by atoms with van der Waals surface area (Å²) < 4.78 is 0. The molecular weight excluding hydrogens is 1210 g/mol. The third kappa shape index (κ3) is 12.2. The van der Waals surface area contributed by atoms with Gasteiger partial charge in [-0.05, 0) is 165 Å². The van der Waals surface area contributed by atoms with Crippen molar-refractivity contribution in [1.29, 1.82) is 0 Å². The zero-order chi connectivity index (χ0) is 66.6. The first kappa shape index (κ1) is 60.4. The number of rotatable bonds is 12. The maximum absolute atomic E-state index is 5.41. The van der Waals surface area contributed by atoms with Crippen LogP contribution in [-0.4, -0.2) is 19.9 Å². The monoisotopic (exact) mass is 1270 g/mol. The summed E-state index contributed by atoms with van der Waals surface area (Å²) in [4.78, 5) is 19.3. The molecule has 0 spiro atoms. The summed E-state index contributed by atoms with van der Waals surface area (Å²) in [5.74, 6) is 0. The Hall–Kier alpha value is -13.3. The molecular formula is C96H64N4. The molecule has 18 rings (SSSR count). The molecule has 0 fully saturated rings. The second-order valence-electron chi connectivity index (χ2n) is 25.2. The number of hydrogen-bond donors (Lipinski definition) is 0. The summed E-state index contributed by atoms with van der Waals surface area (Å²) in [6.07, 6.45) is 7.40. The molecule has 0 unspecified atom stereocenters. The van der Waals surface area contributed by atoms with Crippen LogP contribution in [0.1, 0.15) is 0 Å². The molecule has 0 amide bonds. The van der Waals surface area contributed by atoms with Crippen molar-refractivity contribution in [3.05, 3.63) is 389 Å². The molecule has 14 aromatic carbocycles. The normalized spacial score (nSPS) is 11.2. The first-order valence-corrected chi connectivity index (χ1v) is 34.0. The van der Waals surface area contributed by atoms with Crippen LogP contribution in [0.5, 0.6) is 0 Å². The number of aromatic nitrogens is 4. The van der Waals surface area contributed by atoms with Crippen molar-refractivity contribution in [2.24, 2.45) is 0 Å². The Bertz CT molecular complexity index is 5520. The molecule has 0 bridgehead atoms. The molecule has 0 saturated heterocycles. The van der Waals surface area contributed by atoms with Crippen LogP contribution in [0.2, 0.25) is 0 Å². The van der Waals surface area contributed by atoms with Gasteiger partial charge in [-0.15, -0.1) is 0 Å². The molecule has 18 aromatic rings. The molecule has 0 aliphatic heterocycles. The van der Waals surface area contributed by atoms with Crippen molar-refractivity contribution < 1.29 is 0 Å². The Labute approximate surface area is 582 Å². The molecule has 468 valence electrons. The first-order valence-electron chi connectivity index (χ1n) is 34.0. The largest absolute Gasteiger partial charge is 0.265 e. The van der Waals surface area contributed by atoms with E-state index in [4.69, 9.17) is 9.97 Å². The summed E-state index contributed by atoms with van der Waals surface area (Å²) in [5, 5.41) is 6.92. The molecule has 0 saturated carbocycles. The first-order chi connectivity index (χ1) is 49.6. The van der Waals surface area contributed by atoms with Crippen molar-refractivity contribution in [3.63, 3.8) is 0 Å². The second-order valence-corrected chi connectivity index (χ2v) is 25.2. The summed E-state index contributed by atoms with van der Waals surface area (Å²) in [7, 11) is 0. The Morgan fingerprint density at radius 2 is 0.400 bits per heavy atom. The topological polar surface area (TPSA) is 51.6 Å². The minimum Gasteiger partial charge on any atom is -0.265 e. The van der Waals surface area contributed by atoms with Crippen LogP contribution >= 0.6 is 0 Å². The highest BCUT2D eigenvalue weighted by atomic mass is 14.7. The van der Waals surface area contributed by atoms with Gasteiger partial charge in [-0.2, -0.15) is 0 Å².